The van der Waals surface area contributed by atoms with Crippen molar-refractivity contribution >= 4 is 42.0 Å². The third kappa shape index (κ3) is 13.7. The van der Waals surface area contributed by atoms with E-state index in [-0.39, 0.29) is 54.4 Å². The molecule has 0 fully saturated rings. The van der Waals surface area contributed by atoms with E-state index in [1.54, 1.807) is 13.8 Å². The summed E-state index contributed by atoms with van der Waals surface area (Å²) in [4.78, 5) is 92.6. The highest BCUT2D eigenvalue weighted by molar-refractivity contribution is 6.00. The normalized spacial score (nSPS) is 12.5. The van der Waals surface area contributed by atoms with Gasteiger partial charge in [-0.1, -0.05) is 39.2 Å². The zero-order valence-corrected chi connectivity index (χ0v) is 33.0. The summed E-state index contributed by atoms with van der Waals surface area (Å²) in [5, 5.41) is 26.1. The molecule has 0 aliphatic carbocycles. The van der Waals surface area contributed by atoms with Crippen LogP contribution in [0.15, 0.2) is 52.9 Å². The Balaban J connectivity index is 1.73. The van der Waals surface area contributed by atoms with Crippen LogP contribution in [0, 0.1) is 5.92 Å². The predicted octanol–water partition coefficient (Wildman–Crippen LogP) is 4.92. The Labute approximate surface area is 341 Å². The van der Waals surface area contributed by atoms with Crippen LogP contribution in [-0.4, -0.2) is 96.1 Å². The van der Waals surface area contributed by atoms with Gasteiger partial charge in [0.05, 0.1) is 44.3 Å². The van der Waals surface area contributed by atoms with Crippen LogP contribution in [0.4, 0.5) is 13.2 Å². The van der Waals surface area contributed by atoms with E-state index < -0.39 is 84.4 Å². The smallest absolute Gasteiger partial charge is 0.497 e. The Morgan fingerprint density at radius 2 is 1.62 bits per heavy atom. The summed E-state index contributed by atoms with van der Waals surface area (Å²) in [6, 6.07) is 7.10. The molecule has 3 rings (SSSR count). The predicted molar refractivity (Wildman–Crippen MR) is 202 cm³/mol. The average Bonchev–Trinajstić information content (AvgIpc) is 3.69. The number of hydrogen-bond acceptors (Lipinski definition) is 12. The molecular weight excluding hydrogens is 805 g/mol. The Morgan fingerprint density at radius 3 is 2.22 bits per heavy atom. The van der Waals surface area contributed by atoms with E-state index in [1.807, 2.05) is 6.92 Å². The molecule has 0 bridgehead atoms. The molecule has 0 saturated carbocycles. The van der Waals surface area contributed by atoms with Gasteiger partial charge in [-0.3, -0.25) is 24.0 Å². The second kappa shape index (κ2) is 22.4. The first-order valence-corrected chi connectivity index (χ1v) is 18.5. The number of rotatable bonds is 24. The van der Waals surface area contributed by atoms with Crippen LogP contribution in [0.25, 0.3) is 11.3 Å². The number of amides is 4. The maximum atomic E-state index is 13.6. The number of ether oxygens (including phenoxy) is 3. The van der Waals surface area contributed by atoms with Gasteiger partial charge in [-0.05, 0) is 56.2 Å². The minimum atomic E-state index is -5.18. The Bertz CT molecular complexity index is 2000. The highest BCUT2D eigenvalue weighted by Crippen LogP contribution is 2.32. The van der Waals surface area contributed by atoms with E-state index >= 15 is 0 Å². The third-order valence-corrected chi connectivity index (χ3v) is 8.73. The number of nitrogens with one attached hydrogen (secondary N) is 3. The second-order valence-corrected chi connectivity index (χ2v) is 12.8. The first-order valence-electron chi connectivity index (χ1n) is 18.5. The Morgan fingerprint density at radius 1 is 0.900 bits per heavy atom. The minimum Gasteiger partial charge on any atom is -0.497 e. The lowest BCUT2D eigenvalue weighted by atomic mass is 9.90. The van der Waals surface area contributed by atoms with Crippen LogP contribution < -0.4 is 30.2 Å². The number of carbonyl (C=O) groups is 7. The first-order chi connectivity index (χ1) is 28.5. The van der Waals surface area contributed by atoms with Gasteiger partial charge in [0.2, 0.25) is 12.3 Å². The molecule has 2 aromatic carbocycles. The van der Waals surface area contributed by atoms with Gasteiger partial charge in [0.1, 0.15) is 34.6 Å². The topological polar surface area (TPSA) is 249 Å². The van der Waals surface area contributed by atoms with Crippen molar-refractivity contribution < 1.29 is 80.4 Å². The van der Waals surface area contributed by atoms with Crippen LogP contribution in [0.5, 0.6) is 17.2 Å². The molecule has 3 aromatic rings. The van der Waals surface area contributed by atoms with Crippen LogP contribution in [0.3, 0.4) is 0 Å². The molecule has 1 aromatic heterocycles. The number of hydroxylamine groups is 2. The monoisotopic (exact) mass is 850 g/mol. The number of furan rings is 1. The molecule has 0 aliphatic rings. The number of hydrogen-bond donors (Lipinski definition) is 5. The van der Waals surface area contributed by atoms with Crippen LogP contribution in [0.1, 0.15) is 90.6 Å². The van der Waals surface area contributed by atoms with Crippen molar-refractivity contribution in [3.8, 4) is 28.6 Å². The minimum absolute atomic E-state index is 0.0137. The summed E-state index contributed by atoms with van der Waals surface area (Å²) in [7, 11) is 1.19. The molecule has 326 valence electrons. The van der Waals surface area contributed by atoms with E-state index in [1.165, 1.54) is 43.5 Å². The molecule has 60 heavy (non-hydrogen) atoms. The van der Waals surface area contributed by atoms with Gasteiger partial charge in [0.25, 0.3) is 11.8 Å². The molecule has 21 heteroatoms. The number of benzene rings is 2. The van der Waals surface area contributed by atoms with Crippen LogP contribution >= 0.6 is 0 Å². The average molecular weight is 851 g/mol. The molecule has 2 unspecified atom stereocenters. The van der Waals surface area contributed by atoms with Crippen LogP contribution in [-0.2, 0) is 24.0 Å². The zero-order chi connectivity index (χ0) is 44.6. The van der Waals surface area contributed by atoms with E-state index in [0.717, 1.165) is 18.6 Å². The molecule has 18 nitrogen and oxygen atoms in total. The molecule has 3 atom stereocenters. The number of methoxy groups -OCH3 is 1. The van der Waals surface area contributed by atoms with Gasteiger partial charge in [0.15, 0.2) is 5.76 Å². The summed E-state index contributed by atoms with van der Waals surface area (Å²) in [5.74, 6) is -8.68. The van der Waals surface area contributed by atoms with Crippen LogP contribution in [0.2, 0.25) is 0 Å². The van der Waals surface area contributed by atoms with Gasteiger partial charge < -0.3 is 49.6 Å². The van der Waals surface area contributed by atoms with E-state index in [0.29, 0.717) is 23.5 Å². The van der Waals surface area contributed by atoms with Crippen molar-refractivity contribution in [2.75, 3.05) is 20.4 Å². The number of carboxylic acid groups (broad SMARTS) is 2. The highest BCUT2D eigenvalue weighted by atomic mass is 19.4. The molecule has 1 heterocycles. The van der Waals surface area contributed by atoms with E-state index in [4.69, 9.17) is 23.8 Å². The van der Waals surface area contributed by atoms with Crippen molar-refractivity contribution in [1.29, 1.82) is 0 Å². The van der Waals surface area contributed by atoms with Crippen molar-refractivity contribution in [2.24, 2.45) is 5.92 Å². The summed E-state index contributed by atoms with van der Waals surface area (Å²) in [6.45, 7) is 4.84. The fourth-order valence-electron chi connectivity index (χ4n) is 5.87. The standard InChI is InChI=1S/C39H45F3N4O14/c1-5-8-9-10-24(28(6-2)46(21-47)60-38(55)26-14-12-23(56-4)18-32(26)59-39(40,41)42)34(50)43-20-44-36(52)30-16-15-29(58-30)22-11-13-25(31(17-22)57-7-3)35(51)45-27(37(53)54)19-33(48)49/h11-18,21,24,27-28H,5-10,19-20H2,1-4H3,(H,43,50)(H,44,52)(H,45,51)(H,48,49)(H,53,54)/t24?,27?,28-/m1/s1. The van der Waals surface area contributed by atoms with Crippen molar-refractivity contribution in [3.63, 3.8) is 0 Å². The van der Waals surface area contributed by atoms with Gasteiger partial charge in [-0.2, -0.15) is 5.06 Å². The molecule has 4 amide bonds. The quantitative estimate of drug-likeness (QED) is 0.0348. The fourth-order valence-corrected chi connectivity index (χ4v) is 5.87. The lowest BCUT2D eigenvalue weighted by Gasteiger charge is -2.32. The summed E-state index contributed by atoms with van der Waals surface area (Å²) in [6.07, 6.45) is -3.66. The first kappa shape index (κ1) is 47.6. The number of halogens is 3. The lowest BCUT2D eigenvalue weighted by molar-refractivity contribution is -0.274. The molecule has 0 radical (unpaired) electrons. The number of nitrogens with zero attached hydrogens (tertiary/aromatic N) is 1. The fraction of sp³-hybridized carbons (Fsp3) is 0.410. The van der Waals surface area contributed by atoms with E-state index in [2.05, 4.69) is 20.7 Å². The SMILES string of the molecule is CCCCCC(C(=O)NCNC(=O)c1ccc(-c2ccc(C(=O)NC(CC(=O)O)C(=O)O)c(OCC)c2)o1)[C@@H](CC)N(C=O)OC(=O)c1ccc(OC)cc1OC(F)(F)F. The van der Waals surface area contributed by atoms with Gasteiger partial charge in [0, 0.05) is 11.6 Å². The molecule has 0 spiro atoms. The number of alkyl halides is 3. The molecule has 0 aliphatic heterocycles. The number of unbranched alkanes of at least 4 members (excludes halogenated alkanes) is 2. The van der Waals surface area contributed by atoms with Crippen molar-refractivity contribution in [2.45, 2.75) is 77.7 Å². The van der Waals surface area contributed by atoms with Gasteiger partial charge in [-0.25, -0.2) is 9.59 Å². The zero-order valence-electron chi connectivity index (χ0n) is 33.0. The second-order valence-electron chi connectivity index (χ2n) is 12.8. The van der Waals surface area contributed by atoms with Gasteiger partial charge in [-0.15, -0.1) is 13.2 Å². The number of carbonyl (C=O) groups excluding carboxylic acids is 5. The summed E-state index contributed by atoms with van der Waals surface area (Å²) in [5.41, 5.74) is -0.419. The Hall–Kier alpha value is -6.80. The lowest BCUT2D eigenvalue weighted by Crippen LogP contribution is -2.49. The van der Waals surface area contributed by atoms with Gasteiger partial charge >= 0.3 is 24.3 Å². The third-order valence-electron chi connectivity index (χ3n) is 8.73. The summed E-state index contributed by atoms with van der Waals surface area (Å²) < 4.78 is 59.6. The molecule has 0 saturated heterocycles. The summed E-state index contributed by atoms with van der Waals surface area (Å²) >= 11 is 0. The van der Waals surface area contributed by atoms with Crippen molar-refractivity contribution in [3.05, 3.63) is 65.4 Å². The Kier molecular flexibility index (Phi) is 17.7. The van der Waals surface area contributed by atoms with E-state index in [9.17, 15) is 51.8 Å². The maximum absolute atomic E-state index is 13.6. The number of carboxylic acids is 2. The molecule has 5 N–H and O–H groups in total. The van der Waals surface area contributed by atoms with Crippen molar-refractivity contribution in [1.82, 2.24) is 21.0 Å². The highest BCUT2D eigenvalue weighted by Gasteiger charge is 2.36. The largest absolute Gasteiger partial charge is 0.573 e. The molecular formula is C39H45F3N4O14. The maximum Gasteiger partial charge on any atom is 0.573 e. The number of aliphatic carboxylic acids is 2.